The van der Waals surface area contributed by atoms with E-state index in [4.69, 9.17) is 16.3 Å². The molecule has 0 heterocycles. The minimum atomic E-state index is -1.22. The average molecular weight is 279 g/mol. The number of Topliss-reactive ketones (excluding diaryl/α,β-unsaturated/α-hetero) is 1. The molecular formula is C15H15ClO3. The Hall–Kier alpha value is -1.61. The number of methoxy groups -OCH3 is 1. The molecule has 4 heteroatoms. The maximum absolute atomic E-state index is 12.7. The summed E-state index contributed by atoms with van der Waals surface area (Å²) in [7, 11) is 1.30. The van der Waals surface area contributed by atoms with Crippen molar-refractivity contribution in [2.75, 3.05) is 7.11 Å². The lowest BCUT2D eigenvalue weighted by molar-refractivity contribution is -0.147. The van der Waals surface area contributed by atoms with Gasteiger partial charge in [-0.1, -0.05) is 23.8 Å². The van der Waals surface area contributed by atoms with Crippen molar-refractivity contribution in [1.29, 1.82) is 0 Å². The van der Waals surface area contributed by atoms with E-state index in [0.717, 1.165) is 6.42 Å². The number of ether oxygens (including phenoxy) is 1. The summed E-state index contributed by atoms with van der Waals surface area (Å²) in [5, 5.41) is 0.550. The Bertz CT molecular complexity index is 533. The summed E-state index contributed by atoms with van der Waals surface area (Å²) in [4.78, 5) is 24.8. The highest BCUT2D eigenvalue weighted by Crippen LogP contribution is 2.45. The van der Waals surface area contributed by atoms with Gasteiger partial charge < -0.3 is 4.74 Å². The van der Waals surface area contributed by atoms with Gasteiger partial charge in [0.05, 0.1) is 7.11 Å². The second-order valence-corrected chi connectivity index (χ2v) is 5.13. The predicted molar refractivity (Wildman–Crippen MR) is 73.2 cm³/mol. The summed E-state index contributed by atoms with van der Waals surface area (Å²) in [6, 6.07) is 6.52. The van der Waals surface area contributed by atoms with Crippen LogP contribution in [0.25, 0.3) is 0 Å². The molecule has 1 unspecified atom stereocenters. The molecule has 0 spiro atoms. The van der Waals surface area contributed by atoms with Crippen LogP contribution >= 0.6 is 11.6 Å². The van der Waals surface area contributed by atoms with Gasteiger partial charge in [-0.25, -0.2) is 0 Å². The molecule has 1 fully saturated rings. The molecule has 0 saturated heterocycles. The van der Waals surface area contributed by atoms with Gasteiger partial charge in [0.1, 0.15) is 0 Å². The molecule has 0 amide bonds. The number of hydrogen-bond acceptors (Lipinski definition) is 3. The molecule has 0 aromatic heterocycles. The van der Waals surface area contributed by atoms with Crippen LogP contribution in [0.15, 0.2) is 36.4 Å². The molecule has 0 aliphatic heterocycles. The third-order valence-electron chi connectivity index (χ3n) is 3.66. The Balaban J connectivity index is 2.45. The fourth-order valence-electron chi connectivity index (χ4n) is 2.59. The highest BCUT2D eigenvalue weighted by molar-refractivity contribution is 6.30. The Morgan fingerprint density at radius 1 is 1.32 bits per heavy atom. The molecule has 2 rings (SSSR count). The zero-order valence-corrected chi connectivity index (χ0v) is 11.5. The molecule has 1 saturated carbocycles. The van der Waals surface area contributed by atoms with Gasteiger partial charge in [0.15, 0.2) is 11.2 Å². The first-order valence-electron chi connectivity index (χ1n) is 6.09. The Kier molecular flexibility index (Phi) is 3.76. The molecule has 0 radical (unpaired) electrons. The Morgan fingerprint density at radius 2 is 1.95 bits per heavy atom. The van der Waals surface area contributed by atoms with E-state index in [-0.39, 0.29) is 5.78 Å². The molecule has 0 N–H and O–H groups in total. The summed E-state index contributed by atoms with van der Waals surface area (Å²) in [5.41, 5.74) is -0.125. The Labute approximate surface area is 117 Å². The molecule has 100 valence electrons. The summed E-state index contributed by atoms with van der Waals surface area (Å²) in [6.07, 6.45) is 1.90. The van der Waals surface area contributed by atoms with Gasteiger partial charge >= 0.3 is 5.97 Å². The third-order valence-corrected chi connectivity index (χ3v) is 3.91. The number of esters is 1. The van der Waals surface area contributed by atoms with Crippen LogP contribution in [-0.4, -0.2) is 18.9 Å². The number of rotatable bonds is 3. The number of carbonyl (C=O) groups excluding carboxylic acids is 2. The van der Waals surface area contributed by atoms with Crippen LogP contribution in [0.4, 0.5) is 0 Å². The van der Waals surface area contributed by atoms with Crippen LogP contribution in [-0.2, 0) is 9.53 Å². The number of hydrogen-bond donors (Lipinski definition) is 0. The highest BCUT2D eigenvalue weighted by Gasteiger charge is 2.51. The number of carbonyl (C=O) groups is 2. The summed E-state index contributed by atoms with van der Waals surface area (Å²) in [5.74, 6) is -0.770. The largest absolute Gasteiger partial charge is 0.468 e. The van der Waals surface area contributed by atoms with Crippen LogP contribution in [0.2, 0.25) is 5.02 Å². The molecule has 3 nitrogen and oxygen atoms in total. The van der Waals surface area contributed by atoms with Crippen molar-refractivity contribution in [3.63, 3.8) is 0 Å². The van der Waals surface area contributed by atoms with Gasteiger partial charge in [-0.2, -0.15) is 0 Å². The van der Waals surface area contributed by atoms with Gasteiger partial charge in [0.2, 0.25) is 0 Å². The van der Waals surface area contributed by atoms with E-state index < -0.39 is 11.4 Å². The smallest absolute Gasteiger partial charge is 0.323 e. The SMILES string of the molecule is C=C1CCCC1(C(=O)OC)C(=O)c1ccc(Cl)cc1. The standard InChI is InChI=1S/C15H15ClO3/c1-10-4-3-9-15(10,14(18)19-2)13(17)11-5-7-12(16)8-6-11/h5-8H,1,3-4,9H2,2H3. The van der Waals surface area contributed by atoms with Crippen molar-refractivity contribution < 1.29 is 14.3 Å². The Morgan fingerprint density at radius 3 is 2.42 bits per heavy atom. The van der Waals surface area contributed by atoms with Gasteiger partial charge in [0.25, 0.3) is 0 Å². The van der Waals surface area contributed by atoms with Crippen molar-refractivity contribution >= 4 is 23.4 Å². The highest BCUT2D eigenvalue weighted by atomic mass is 35.5. The van der Waals surface area contributed by atoms with Crippen LogP contribution in [0.5, 0.6) is 0 Å². The number of halogens is 1. The van der Waals surface area contributed by atoms with Crippen LogP contribution in [0.1, 0.15) is 29.6 Å². The second kappa shape index (κ2) is 5.17. The molecule has 1 aliphatic carbocycles. The monoisotopic (exact) mass is 278 g/mol. The number of benzene rings is 1. The third kappa shape index (κ3) is 2.19. The van der Waals surface area contributed by atoms with Crippen LogP contribution in [0, 0.1) is 5.41 Å². The molecular weight excluding hydrogens is 264 g/mol. The molecule has 1 aromatic rings. The summed E-state index contributed by atoms with van der Waals surface area (Å²) in [6.45, 7) is 3.89. The van der Waals surface area contributed by atoms with Gasteiger partial charge in [-0.05, 0) is 43.5 Å². The quantitative estimate of drug-likeness (QED) is 0.368. The second-order valence-electron chi connectivity index (χ2n) is 4.69. The molecule has 1 aliphatic rings. The first kappa shape index (κ1) is 13.8. The predicted octanol–water partition coefficient (Wildman–Crippen LogP) is 3.42. The molecule has 0 bridgehead atoms. The summed E-state index contributed by atoms with van der Waals surface area (Å²) < 4.78 is 4.83. The minimum absolute atomic E-state index is 0.251. The van der Waals surface area contributed by atoms with Gasteiger partial charge in [0, 0.05) is 10.6 Å². The fourth-order valence-corrected chi connectivity index (χ4v) is 2.72. The van der Waals surface area contributed by atoms with E-state index in [2.05, 4.69) is 6.58 Å². The lowest BCUT2D eigenvalue weighted by Crippen LogP contribution is -2.39. The summed E-state index contributed by atoms with van der Waals surface area (Å²) >= 11 is 5.81. The molecule has 1 aromatic carbocycles. The van der Waals surface area contributed by atoms with E-state index >= 15 is 0 Å². The van der Waals surface area contributed by atoms with Crippen LogP contribution in [0.3, 0.4) is 0 Å². The lowest BCUT2D eigenvalue weighted by Gasteiger charge is -2.25. The first-order chi connectivity index (χ1) is 9.02. The maximum atomic E-state index is 12.7. The maximum Gasteiger partial charge on any atom is 0.323 e. The lowest BCUT2D eigenvalue weighted by atomic mass is 9.76. The van der Waals surface area contributed by atoms with Crippen molar-refractivity contribution in [2.45, 2.75) is 19.3 Å². The van der Waals surface area contributed by atoms with Crippen molar-refractivity contribution in [3.8, 4) is 0 Å². The zero-order valence-electron chi connectivity index (χ0n) is 10.7. The topological polar surface area (TPSA) is 43.4 Å². The van der Waals surface area contributed by atoms with Gasteiger partial charge in [-0.15, -0.1) is 0 Å². The zero-order chi connectivity index (χ0) is 14.0. The molecule has 19 heavy (non-hydrogen) atoms. The fraction of sp³-hybridized carbons (Fsp3) is 0.333. The van der Waals surface area contributed by atoms with E-state index in [9.17, 15) is 9.59 Å². The average Bonchev–Trinajstić information content (AvgIpc) is 2.80. The number of ketones is 1. The van der Waals surface area contributed by atoms with E-state index in [1.165, 1.54) is 7.11 Å². The van der Waals surface area contributed by atoms with Gasteiger partial charge in [-0.3, -0.25) is 9.59 Å². The minimum Gasteiger partial charge on any atom is -0.468 e. The van der Waals surface area contributed by atoms with E-state index in [1.54, 1.807) is 24.3 Å². The molecule has 1 atom stereocenters. The van der Waals surface area contributed by atoms with E-state index in [0.29, 0.717) is 29.0 Å². The van der Waals surface area contributed by atoms with Crippen molar-refractivity contribution in [2.24, 2.45) is 5.41 Å². The normalized spacial score (nSPS) is 22.3. The van der Waals surface area contributed by atoms with Crippen molar-refractivity contribution in [1.82, 2.24) is 0 Å². The first-order valence-corrected chi connectivity index (χ1v) is 6.47. The van der Waals surface area contributed by atoms with Crippen LogP contribution < -0.4 is 0 Å². The van der Waals surface area contributed by atoms with Crippen molar-refractivity contribution in [3.05, 3.63) is 47.0 Å². The van der Waals surface area contributed by atoms with E-state index in [1.807, 2.05) is 0 Å².